The molecule has 0 aromatic heterocycles. The Labute approximate surface area is 138 Å². The van der Waals surface area contributed by atoms with E-state index in [0.29, 0.717) is 19.1 Å². The van der Waals surface area contributed by atoms with Gasteiger partial charge >= 0.3 is 11.8 Å². The Bertz CT molecular complexity index is 528. The van der Waals surface area contributed by atoms with Crippen LogP contribution < -0.4 is 10.6 Å². The van der Waals surface area contributed by atoms with Crippen LogP contribution in [0.25, 0.3) is 0 Å². The second kappa shape index (κ2) is 8.67. The highest BCUT2D eigenvalue weighted by atomic mass is 16.2. The van der Waals surface area contributed by atoms with Crippen LogP contribution in [0, 0.1) is 0 Å². The van der Waals surface area contributed by atoms with Crippen LogP contribution in [0.2, 0.25) is 0 Å². The van der Waals surface area contributed by atoms with Gasteiger partial charge in [-0.1, -0.05) is 38.1 Å². The van der Waals surface area contributed by atoms with Crippen molar-refractivity contribution >= 4 is 11.8 Å². The standard InChI is InChI=1S/C18H27N3O2/c1-3-14-7-9-15(10-8-14)12-19-17(22)18(23)20-13-16-6-5-11-21(16)4-2/h7-10,16H,3-6,11-13H2,1-2H3,(H,19,22)(H,20,23)/t16-/m0/s1. The zero-order valence-electron chi connectivity index (χ0n) is 14.1. The summed E-state index contributed by atoms with van der Waals surface area (Å²) in [6.45, 7) is 7.21. The molecule has 1 saturated heterocycles. The monoisotopic (exact) mass is 317 g/mol. The summed E-state index contributed by atoms with van der Waals surface area (Å²) in [7, 11) is 0. The molecule has 126 valence electrons. The van der Waals surface area contributed by atoms with E-state index < -0.39 is 11.8 Å². The number of aryl methyl sites for hydroxylation is 1. The topological polar surface area (TPSA) is 61.4 Å². The number of nitrogens with zero attached hydrogens (tertiary/aromatic N) is 1. The first-order valence-electron chi connectivity index (χ1n) is 8.52. The van der Waals surface area contributed by atoms with E-state index in [-0.39, 0.29) is 0 Å². The third-order valence-electron chi connectivity index (χ3n) is 4.49. The Kier molecular flexibility index (Phi) is 6.59. The second-order valence-corrected chi connectivity index (χ2v) is 5.99. The third kappa shape index (κ3) is 5.06. The number of hydrogen-bond acceptors (Lipinski definition) is 3. The Hall–Kier alpha value is -1.88. The van der Waals surface area contributed by atoms with Gasteiger partial charge in [-0.25, -0.2) is 0 Å². The largest absolute Gasteiger partial charge is 0.346 e. The predicted molar refractivity (Wildman–Crippen MR) is 90.9 cm³/mol. The molecule has 2 amide bonds. The second-order valence-electron chi connectivity index (χ2n) is 5.99. The summed E-state index contributed by atoms with van der Waals surface area (Å²) in [6.07, 6.45) is 3.23. The average molecular weight is 317 g/mol. The number of carbonyl (C=O) groups excluding carboxylic acids is 2. The molecule has 2 rings (SSSR count). The number of nitrogens with one attached hydrogen (secondary N) is 2. The van der Waals surface area contributed by atoms with Crippen molar-refractivity contribution in [3.05, 3.63) is 35.4 Å². The average Bonchev–Trinajstić information content (AvgIpc) is 3.05. The predicted octanol–water partition coefficient (Wildman–Crippen LogP) is 1.47. The minimum absolute atomic E-state index is 0.360. The van der Waals surface area contributed by atoms with E-state index in [4.69, 9.17) is 0 Å². The molecule has 5 heteroatoms. The van der Waals surface area contributed by atoms with Gasteiger partial charge < -0.3 is 10.6 Å². The van der Waals surface area contributed by atoms with Crippen LogP contribution in [0.4, 0.5) is 0 Å². The maximum atomic E-state index is 11.9. The molecule has 1 heterocycles. The summed E-state index contributed by atoms with van der Waals surface area (Å²) >= 11 is 0. The smallest absolute Gasteiger partial charge is 0.309 e. The normalized spacial score (nSPS) is 17.9. The van der Waals surface area contributed by atoms with Crippen LogP contribution in [0.1, 0.15) is 37.8 Å². The van der Waals surface area contributed by atoms with Crippen molar-refractivity contribution in [2.75, 3.05) is 19.6 Å². The van der Waals surface area contributed by atoms with Crippen LogP contribution >= 0.6 is 0 Å². The van der Waals surface area contributed by atoms with Crippen molar-refractivity contribution in [3.8, 4) is 0 Å². The minimum Gasteiger partial charge on any atom is -0.346 e. The number of likely N-dealkylation sites (tertiary alicyclic amines) is 1. The fraction of sp³-hybridized carbons (Fsp3) is 0.556. The van der Waals surface area contributed by atoms with E-state index in [1.165, 1.54) is 5.56 Å². The Morgan fingerprint density at radius 3 is 2.39 bits per heavy atom. The van der Waals surface area contributed by atoms with Gasteiger partial charge in [0.25, 0.3) is 0 Å². The van der Waals surface area contributed by atoms with Gasteiger partial charge in [0.05, 0.1) is 0 Å². The number of rotatable bonds is 6. The number of amides is 2. The van der Waals surface area contributed by atoms with Crippen LogP contribution in [0.3, 0.4) is 0 Å². The molecule has 5 nitrogen and oxygen atoms in total. The van der Waals surface area contributed by atoms with E-state index >= 15 is 0 Å². The first-order chi connectivity index (χ1) is 11.1. The third-order valence-corrected chi connectivity index (χ3v) is 4.49. The molecular weight excluding hydrogens is 290 g/mol. The molecule has 1 aliphatic rings. The first-order valence-corrected chi connectivity index (χ1v) is 8.52. The van der Waals surface area contributed by atoms with E-state index in [1.54, 1.807) is 0 Å². The maximum absolute atomic E-state index is 11.9. The van der Waals surface area contributed by atoms with Crippen molar-refractivity contribution in [2.24, 2.45) is 0 Å². The quantitative estimate of drug-likeness (QED) is 0.781. The Morgan fingerprint density at radius 1 is 1.09 bits per heavy atom. The van der Waals surface area contributed by atoms with Crippen LogP contribution in [0.5, 0.6) is 0 Å². The Balaban J connectivity index is 1.73. The van der Waals surface area contributed by atoms with Crippen molar-refractivity contribution in [1.29, 1.82) is 0 Å². The molecule has 1 atom stereocenters. The molecule has 1 aromatic carbocycles. The maximum Gasteiger partial charge on any atom is 0.309 e. The van der Waals surface area contributed by atoms with Gasteiger partial charge in [-0.15, -0.1) is 0 Å². The number of likely N-dealkylation sites (N-methyl/N-ethyl adjacent to an activating group) is 1. The van der Waals surface area contributed by atoms with Crippen molar-refractivity contribution in [1.82, 2.24) is 15.5 Å². The fourth-order valence-corrected chi connectivity index (χ4v) is 2.99. The highest BCUT2D eigenvalue weighted by Gasteiger charge is 2.24. The number of carbonyl (C=O) groups is 2. The molecule has 23 heavy (non-hydrogen) atoms. The molecule has 0 spiro atoms. The molecule has 2 N–H and O–H groups in total. The van der Waals surface area contributed by atoms with Crippen LogP contribution in [0.15, 0.2) is 24.3 Å². The zero-order chi connectivity index (χ0) is 16.7. The molecule has 0 saturated carbocycles. The summed E-state index contributed by atoms with van der Waals surface area (Å²) in [4.78, 5) is 26.1. The SMILES string of the molecule is CCc1ccc(CNC(=O)C(=O)NC[C@@H]2CCCN2CC)cc1. The van der Waals surface area contributed by atoms with E-state index in [1.807, 2.05) is 24.3 Å². The lowest BCUT2D eigenvalue weighted by Crippen LogP contribution is -2.45. The van der Waals surface area contributed by atoms with E-state index in [9.17, 15) is 9.59 Å². The molecule has 0 bridgehead atoms. The lowest BCUT2D eigenvalue weighted by molar-refractivity contribution is -0.139. The van der Waals surface area contributed by atoms with E-state index in [0.717, 1.165) is 37.9 Å². The highest BCUT2D eigenvalue weighted by molar-refractivity contribution is 6.35. The summed E-state index contributed by atoms with van der Waals surface area (Å²) in [5.74, 6) is -1.11. The molecule has 1 aromatic rings. The van der Waals surface area contributed by atoms with Gasteiger partial charge in [0.2, 0.25) is 0 Å². The summed E-state index contributed by atoms with van der Waals surface area (Å²) in [5, 5.41) is 5.42. The minimum atomic E-state index is -0.564. The van der Waals surface area contributed by atoms with Crippen LogP contribution in [-0.4, -0.2) is 42.4 Å². The van der Waals surface area contributed by atoms with Gasteiger partial charge in [-0.05, 0) is 43.5 Å². The molecule has 0 unspecified atom stereocenters. The summed E-state index contributed by atoms with van der Waals surface area (Å²) in [6, 6.07) is 8.41. The summed E-state index contributed by atoms with van der Waals surface area (Å²) < 4.78 is 0. The molecule has 1 fully saturated rings. The number of benzene rings is 1. The number of hydrogen-bond donors (Lipinski definition) is 2. The fourth-order valence-electron chi connectivity index (χ4n) is 2.99. The van der Waals surface area contributed by atoms with Crippen molar-refractivity contribution < 1.29 is 9.59 Å². The lowest BCUT2D eigenvalue weighted by Gasteiger charge is -2.22. The van der Waals surface area contributed by atoms with Gasteiger partial charge in [-0.2, -0.15) is 0 Å². The highest BCUT2D eigenvalue weighted by Crippen LogP contribution is 2.15. The van der Waals surface area contributed by atoms with Crippen molar-refractivity contribution in [2.45, 2.75) is 45.7 Å². The van der Waals surface area contributed by atoms with E-state index in [2.05, 4.69) is 29.4 Å². The zero-order valence-corrected chi connectivity index (χ0v) is 14.1. The van der Waals surface area contributed by atoms with Gasteiger partial charge in [0, 0.05) is 19.1 Å². The lowest BCUT2D eigenvalue weighted by atomic mass is 10.1. The van der Waals surface area contributed by atoms with Gasteiger partial charge in [-0.3, -0.25) is 14.5 Å². The molecular formula is C18H27N3O2. The van der Waals surface area contributed by atoms with Crippen LogP contribution in [-0.2, 0) is 22.6 Å². The molecule has 0 radical (unpaired) electrons. The van der Waals surface area contributed by atoms with Gasteiger partial charge in [0.1, 0.15) is 0 Å². The first kappa shape index (κ1) is 17.5. The van der Waals surface area contributed by atoms with Gasteiger partial charge in [0.15, 0.2) is 0 Å². The molecule has 0 aliphatic carbocycles. The Morgan fingerprint density at radius 2 is 1.74 bits per heavy atom. The van der Waals surface area contributed by atoms with Crippen molar-refractivity contribution in [3.63, 3.8) is 0 Å². The molecule has 1 aliphatic heterocycles. The summed E-state index contributed by atoms with van der Waals surface area (Å²) in [5.41, 5.74) is 2.26.